The summed E-state index contributed by atoms with van der Waals surface area (Å²) in [6.45, 7) is 6.62. The summed E-state index contributed by atoms with van der Waals surface area (Å²) in [5, 5.41) is 0. The molecule has 118 valence electrons. The Balaban J connectivity index is 2.15. The van der Waals surface area contributed by atoms with Crippen LogP contribution in [0.3, 0.4) is 0 Å². The van der Waals surface area contributed by atoms with Gasteiger partial charge in [0, 0.05) is 33.7 Å². The fraction of sp³-hybridized carbons (Fsp3) is 0.600. The lowest BCUT2D eigenvalue weighted by molar-refractivity contribution is -0.0705. The fourth-order valence-corrected chi connectivity index (χ4v) is 3.66. The number of hydrogen-bond donors (Lipinski definition) is 0. The maximum atomic E-state index is 12.2. The third-order valence-corrected chi connectivity index (χ3v) is 5.39. The van der Waals surface area contributed by atoms with Crippen LogP contribution in [0, 0.1) is 0 Å². The SMILES string of the molecule is C[C@@H]1CN(Cc2cccc(S(=O)(=O)N(C)C)c2)C[C@H](C)O1. The second-order valence-corrected chi connectivity index (χ2v) is 8.04. The summed E-state index contributed by atoms with van der Waals surface area (Å²) >= 11 is 0. The van der Waals surface area contributed by atoms with E-state index in [0.29, 0.717) is 4.90 Å². The number of hydrogen-bond acceptors (Lipinski definition) is 4. The maximum absolute atomic E-state index is 12.2. The van der Waals surface area contributed by atoms with Crippen LogP contribution in [-0.2, 0) is 21.3 Å². The van der Waals surface area contributed by atoms with Crippen LogP contribution in [0.2, 0.25) is 0 Å². The van der Waals surface area contributed by atoms with Gasteiger partial charge in [0.05, 0.1) is 17.1 Å². The Bertz CT molecular complexity index is 576. The molecule has 2 atom stereocenters. The molecule has 0 radical (unpaired) electrons. The predicted molar refractivity (Wildman–Crippen MR) is 82.6 cm³/mol. The van der Waals surface area contributed by atoms with Crippen molar-refractivity contribution in [2.24, 2.45) is 0 Å². The normalized spacial score (nSPS) is 24.4. The van der Waals surface area contributed by atoms with E-state index in [1.807, 2.05) is 6.07 Å². The van der Waals surface area contributed by atoms with Crippen molar-refractivity contribution in [2.45, 2.75) is 37.5 Å². The smallest absolute Gasteiger partial charge is 0.242 e. The Labute approximate surface area is 127 Å². The van der Waals surface area contributed by atoms with Gasteiger partial charge in [0.2, 0.25) is 10.0 Å². The van der Waals surface area contributed by atoms with Gasteiger partial charge in [0.15, 0.2) is 0 Å². The van der Waals surface area contributed by atoms with Crippen molar-refractivity contribution in [1.29, 1.82) is 0 Å². The number of nitrogens with zero attached hydrogens (tertiary/aromatic N) is 2. The molecule has 0 saturated carbocycles. The van der Waals surface area contributed by atoms with E-state index in [2.05, 4.69) is 18.7 Å². The van der Waals surface area contributed by atoms with Crippen LogP contribution in [0.5, 0.6) is 0 Å². The van der Waals surface area contributed by atoms with Crippen LogP contribution >= 0.6 is 0 Å². The molecule has 0 N–H and O–H groups in total. The molecule has 2 rings (SSSR count). The molecular formula is C15H24N2O3S. The van der Waals surface area contributed by atoms with E-state index in [0.717, 1.165) is 25.2 Å². The Morgan fingerprint density at radius 3 is 2.43 bits per heavy atom. The van der Waals surface area contributed by atoms with Gasteiger partial charge >= 0.3 is 0 Å². The molecule has 0 unspecified atom stereocenters. The molecule has 0 amide bonds. The largest absolute Gasteiger partial charge is 0.373 e. The van der Waals surface area contributed by atoms with Crippen LogP contribution in [0.1, 0.15) is 19.4 Å². The quantitative estimate of drug-likeness (QED) is 0.846. The molecule has 1 aromatic carbocycles. The molecule has 1 saturated heterocycles. The van der Waals surface area contributed by atoms with Gasteiger partial charge in [-0.3, -0.25) is 4.90 Å². The minimum Gasteiger partial charge on any atom is -0.373 e. The summed E-state index contributed by atoms with van der Waals surface area (Å²) in [6, 6.07) is 7.18. The summed E-state index contributed by atoms with van der Waals surface area (Å²) in [5.41, 5.74) is 1.01. The lowest BCUT2D eigenvalue weighted by Gasteiger charge is -2.35. The van der Waals surface area contributed by atoms with Gasteiger partial charge in [-0.15, -0.1) is 0 Å². The van der Waals surface area contributed by atoms with E-state index in [9.17, 15) is 8.42 Å². The van der Waals surface area contributed by atoms with Crippen LogP contribution in [0.15, 0.2) is 29.2 Å². The van der Waals surface area contributed by atoms with Crippen LogP contribution in [0.25, 0.3) is 0 Å². The Hall–Kier alpha value is -0.950. The van der Waals surface area contributed by atoms with E-state index < -0.39 is 10.0 Å². The first-order chi connectivity index (χ1) is 9.79. The summed E-state index contributed by atoms with van der Waals surface area (Å²) in [5.74, 6) is 0. The third kappa shape index (κ3) is 4.03. The molecule has 5 nitrogen and oxygen atoms in total. The molecular weight excluding hydrogens is 288 g/mol. The van der Waals surface area contributed by atoms with E-state index in [-0.39, 0.29) is 12.2 Å². The summed E-state index contributed by atoms with van der Waals surface area (Å²) in [4.78, 5) is 2.65. The van der Waals surface area contributed by atoms with Gasteiger partial charge in [-0.2, -0.15) is 0 Å². The number of sulfonamides is 1. The maximum Gasteiger partial charge on any atom is 0.242 e. The second kappa shape index (κ2) is 6.44. The molecule has 1 aromatic rings. The van der Waals surface area contributed by atoms with Crippen molar-refractivity contribution in [3.63, 3.8) is 0 Å². The van der Waals surface area contributed by atoms with Crippen molar-refractivity contribution in [3.8, 4) is 0 Å². The highest BCUT2D eigenvalue weighted by molar-refractivity contribution is 7.89. The zero-order valence-corrected chi connectivity index (χ0v) is 13.9. The molecule has 0 bridgehead atoms. The zero-order chi connectivity index (χ0) is 15.6. The predicted octanol–water partition coefficient (Wildman–Crippen LogP) is 1.55. The van der Waals surface area contributed by atoms with Crippen molar-refractivity contribution in [1.82, 2.24) is 9.21 Å². The first-order valence-corrected chi connectivity index (χ1v) is 8.62. The highest BCUT2D eigenvalue weighted by atomic mass is 32.2. The average molecular weight is 312 g/mol. The number of morpholine rings is 1. The van der Waals surface area contributed by atoms with Gasteiger partial charge in [0.25, 0.3) is 0 Å². The molecule has 0 aliphatic carbocycles. The van der Waals surface area contributed by atoms with E-state index in [4.69, 9.17) is 4.74 Å². The summed E-state index contributed by atoms with van der Waals surface area (Å²) in [7, 11) is -0.274. The number of ether oxygens (including phenoxy) is 1. The first kappa shape index (κ1) is 16.4. The Morgan fingerprint density at radius 1 is 1.24 bits per heavy atom. The monoisotopic (exact) mass is 312 g/mol. The molecule has 1 aliphatic heterocycles. The lowest BCUT2D eigenvalue weighted by atomic mass is 10.1. The minimum atomic E-state index is -3.37. The fourth-order valence-electron chi connectivity index (χ4n) is 2.69. The van der Waals surface area contributed by atoms with Gasteiger partial charge in [-0.1, -0.05) is 12.1 Å². The highest BCUT2D eigenvalue weighted by Crippen LogP contribution is 2.18. The van der Waals surface area contributed by atoms with Crippen molar-refractivity contribution in [3.05, 3.63) is 29.8 Å². The van der Waals surface area contributed by atoms with Crippen LogP contribution < -0.4 is 0 Å². The van der Waals surface area contributed by atoms with Gasteiger partial charge < -0.3 is 4.74 Å². The standard InChI is InChI=1S/C15H24N2O3S/c1-12-9-17(10-13(2)20-12)11-14-6-5-7-15(8-14)21(18,19)16(3)4/h5-8,12-13H,9-11H2,1-4H3/t12-,13+. The second-order valence-electron chi connectivity index (χ2n) is 5.89. The van der Waals surface area contributed by atoms with E-state index in [1.54, 1.807) is 32.3 Å². The molecule has 0 spiro atoms. The Kier molecular flexibility index (Phi) is 5.03. The van der Waals surface area contributed by atoms with Crippen molar-refractivity contribution in [2.75, 3.05) is 27.2 Å². The molecule has 1 fully saturated rings. The van der Waals surface area contributed by atoms with E-state index >= 15 is 0 Å². The summed E-state index contributed by atoms with van der Waals surface area (Å²) in [6.07, 6.45) is 0.421. The third-order valence-electron chi connectivity index (χ3n) is 3.58. The van der Waals surface area contributed by atoms with Crippen molar-refractivity contribution < 1.29 is 13.2 Å². The van der Waals surface area contributed by atoms with Gasteiger partial charge in [0.1, 0.15) is 0 Å². The molecule has 1 aliphatic rings. The number of rotatable bonds is 4. The highest BCUT2D eigenvalue weighted by Gasteiger charge is 2.23. The molecule has 0 aromatic heterocycles. The van der Waals surface area contributed by atoms with Crippen molar-refractivity contribution >= 4 is 10.0 Å². The van der Waals surface area contributed by atoms with Gasteiger partial charge in [-0.25, -0.2) is 12.7 Å². The lowest BCUT2D eigenvalue weighted by Crippen LogP contribution is -2.44. The van der Waals surface area contributed by atoms with Crippen LogP contribution in [-0.4, -0.2) is 57.0 Å². The minimum absolute atomic E-state index is 0.211. The topological polar surface area (TPSA) is 49.9 Å². The summed E-state index contributed by atoms with van der Waals surface area (Å²) < 4.78 is 31.3. The van der Waals surface area contributed by atoms with E-state index in [1.165, 1.54) is 4.31 Å². The first-order valence-electron chi connectivity index (χ1n) is 7.18. The molecule has 21 heavy (non-hydrogen) atoms. The molecule has 1 heterocycles. The average Bonchev–Trinajstić information content (AvgIpc) is 2.37. The molecule has 6 heteroatoms. The van der Waals surface area contributed by atoms with Crippen LogP contribution in [0.4, 0.5) is 0 Å². The number of benzene rings is 1. The zero-order valence-electron chi connectivity index (χ0n) is 13.1. The Morgan fingerprint density at radius 2 is 1.86 bits per heavy atom. The van der Waals surface area contributed by atoms with Gasteiger partial charge in [-0.05, 0) is 31.5 Å².